The second kappa shape index (κ2) is 6.23. The summed E-state index contributed by atoms with van der Waals surface area (Å²) in [5.74, 6) is 0. The molecule has 0 aliphatic heterocycles. The Bertz CT molecular complexity index is 611. The lowest BCUT2D eigenvalue weighted by Gasteiger charge is -2.25. The first-order chi connectivity index (χ1) is 9.60. The van der Waals surface area contributed by atoms with Gasteiger partial charge in [-0.05, 0) is 49.4 Å². The Morgan fingerprint density at radius 1 is 1.20 bits per heavy atom. The van der Waals surface area contributed by atoms with Gasteiger partial charge in [-0.1, -0.05) is 24.3 Å². The molecule has 0 aromatic heterocycles. The Kier molecular flexibility index (Phi) is 4.39. The van der Waals surface area contributed by atoms with Gasteiger partial charge in [0, 0.05) is 18.3 Å². The number of nitrogens with two attached hydrogens (primary N) is 1. The molecule has 3 heteroatoms. The fraction of sp³-hybridized carbons (Fsp3) is 0.235. The highest BCUT2D eigenvalue weighted by Gasteiger charge is 2.12. The summed E-state index contributed by atoms with van der Waals surface area (Å²) in [5, 5.41) is 8.80. The van der Waals surface area contributed by atoms with Gasteiger partial charge in [0.2, 0.25) is 0 Å². The quantitative estimate of drug-likeness (QED) is 0.863. The van der Waals surface area contributed by atoms with Crippen molar-refractivity contribution in [3.8, 4) is 6.07 Å². The number of benzene rings is 2. The summed E-state index contributed by atoms with van der Waals surface area (Å²) in [6.07, 6.45) is 0. The van der Waals surface area contributed by atoms with Gasteiger partial charge in [-0.15, -0.1) is 0 Å². The van der Waals surface area contributed by atoms with Crippen molar-refractivity contribution in [2.45, 2.75) is 19.5 Å². The van der Waals surface area contributed by atoms with Gasteiger partial charge in [-0.3, -0.25) is 4.90 Å². The molecule has 0 spiro atoms. The molecular weight excluding hydrogens is 246 g/mol. The molecule has 2 rings (SSSR count). The average Bonchev–Trinajstić information content (AvgIpc) is 2.47. The van der Waals surface area contributed by atoms with Crippen LogP contribution >= 0.6 is 0 Å². The second-order valence-electron chi connectivity index (χ2n) is 5.07. The van der Waals surface area contributed by atoms with Crippen molar-refractivity contribution in [1.82, 2.24) is 4.90 Å². The molecule has 20 heavy (non-hydrogen) atoms. The zero-order valence-corrected chi connectivity index (χ0v) is 11.9. The molecule has 0 bridgehead atoms. The highest BCUT2D eigenvalue weighted by Crippen LogP contribution is 2.22. The van der Waals surface area contributed by atoms with Crippen molar-refractivity contribution >= 4 is 5.69 Å². The van der Waals surface area contributed by atoms with Crippen LogP contribution in [0.15, 0.2) is 48.5 Å². The van der Waals surface area contributed by atoms with E-state index in [1.165, 1.54) is 11.1 Å². The summed E-state index contributed by atoms with van der Waals surface area (Å²) in [6.45, 7) is 3.00. The van der Waals surface area contributed by atoms with Crippen LogP contribution in [0.1, 0.15) is 29.7 Å². The van der Waals surface area contributed by atoms with E-state index in [0.717, 1.165) is 12.2 Å². The first-order valence-electron chi connectivity index (χ1n) is 6.65. The number of anilines is 1. The number of nitriles is 1. The smallest absolute Gasteiger partial charge is 0.0991 e. The fourth-order valence-electron chi connectivity index (χ4n) is 2.18. The van der Waals surface area contributed by atoms with Gasteiger partial charge in [0.1, 0.15) is 0 Å². The Morgan fingerprint density at radius 3 is 2.50 bits per heavy atom. The van der Waals surface area contributed by atoms with E-state index in [-0.39, 0.29) is 6.04 Å². The number of nitrogens with zero attached hydrogens (tertiary/aromatic N) is 2. The number of hydrogen-bond donors (Lipinski definition) is 1. The fourth-order valence-corrected chi connectivity index (χ4v) is 2.18. The third kappa shape index (κ3) is 3.37. The molecule has 0 aliphatic carbocycles. The molecule has 2 aromatic rings. The molecule has 2 aromatic carbocycles. The van der Waals surface area contributed by atoms with Crippen LogP contribution in [0.25, 0.3) is 0 Å². The Hall–Kier alpha value is -2.31. The molecule has 0 saturated carbocycles. The summed E-state index contributed by atoms with van der Waals surface area (Å²) in [7, 11) is 2.09. The third-order valence-electron chi connectivity index (χ3n) is 3.57. The van der Waals surface area contributed by atoms with Crippen molar-refractivity contribution in [2.75, 3.05) is 12.8 Å². The van der Waals surface area contributed by atoms with E-state index in [9.17, 15) is 0 Å². The van der Waals surface area contributed by atoms with E-state index >= 15 is 0 Å². The molecule has 0 amide bonds. The van der Waals surface area contributed by atoms with E-state index in [1.54, 1.807) is 0 Å². The molecular formula is C17H19N3. The van der Waals surface area contributed by atoms with Crippen molar-refractivity contribution in [3.63, 3.8) is 0 Å². The first-order valence-corrected chi connectivity index (χ1v) is 6.65. The van der Waals surface area contributed by atoms with Gasteiger partial charge in [0.25, 0.3) is 0 Å². The van der Waals surface area contributed by atoms with Crippen LogP contribution in [0.3, 0.4) is 0 Å². The lowest BCUT2D eigenvalue weighted by Crippen LogP contribution is -2.22. The average molecular weight is 265 g/mol. The highest BCUT2D eigenvalue weighted by molar-refractivity contribution is 5.41. The molecule has 2 N–H and O–H groups in total. The molecule has 0 saturated heterocycles. The Balaban J connectivity index is 2.07. The predicted molar refractivity (Wildman–Crippen MR) is 81.9 cm³/mol. The zero-order chi connectivity index (χ0) is 14.5. The molecule has 0 aliphatic rings. The van der Waals surface area contributed by atoms with Crippen LogP contribution in [0.4, 0.5) is 5.69 Å². The third-order valence-corrected chi connectivity index (χ3v) is 3.57. The summed E-state index contributed by atoms with van der Waals surface area (Å²) in [6, 6.07) is 18.1. The maximum Gasteiger partial charge on any atom is 0.0991 e. The topological polar surface area (TPSA) is 53.0 Å². The normalized spacial score (nSPS) is 12.1. The van der Waals surface area contributed by atoms with Crippen LogP contribution in [0.2, 0.25) is 0 Å². The predicted octanol–water partition coefficient (Wildman–Crippen LogP) is 3.33. The lowest BCUT2D eigenvalue weighted by molar-refractivity contribution is 0.253. The maximum absolute atomic E-state index is 8.80. The Labute approximate surface area is 120 Å². The van der Waals surface area contributed by atoms with E-state index in [0.29, 0.717) is 5.56 Å². The van der Waals surface area contributed by atoms with E-state index < -0.39 is 0 Å². The molecule has 1 atom stereocenters. The van der Waals surface area contributed by atoms with Gasteiger partial charge < -0.3 is 5.73 Å². The molecule has 1 unspecified atom stereocenters. The van der Waals surface area contributed by atoms with Crippen molar-refractivity contribution in [2.24, 2.45) is 0 Å². The van der Waals surface area contributed by atoms with Crippen molar-refractivity contribution in [1.29, 1.82) is 5.26 Å². The molecule has 0 radical (unpaired) electrons. The molecule has 0 heterocycles. The minimum absolute atomic E-state index is 0.286. The first kappa shape index (κ1) is 14.1. The molecule has 102 valence electrons. The van der Waals surface area contributed by atoms with Crippen LogP contribution < -0.4 is 5.73 Å². The van der Waals surface area contributed by atoms with E-state index in [1.807, 2.05) is 42.5 Å². The van der Waals surface area contributed by atoms with Crippen molar-refractivity contribution in [3.05, 3.63) is 65.2 Å². The Morgan fingerprint density at radius 2 is 1.90 bits per heavy atom. The molecule has 3 nitrogen and oxygen atoms in total. The van der Waals surface area contributed by atoms with Gasteiger partial charge in [-0.2, -0.15) is 5.26 Å². The largest absolute Gasteiger partial charge is 0.399 e. The van der Waals surface area contributed by atoms with Gasteiger partial charge in [0.05, 0.1) is 11.6 Å². The van der Waals surface area contributed by atoms with Gasteiger partial charge in [-0.25, -0.2) is 0 Å². The highest BCUT2D eigenvalue weighted by atomic mass is 15.1. The zero-order valence-electron chi connectivity index (χ0n) is 11.9. The second-order valence-corrected chi connectivity index (χ2v) is 5.07. The summed E-state index contributed by atoms with van der Waals surface area (Å²) in [5.41, 5.74) is 9.73. The van der Waals surface area contributed by atoms with Crippen LogP contribution in [0, 0.1) is 11.3 Å². The summed E-state index contributed by atoms with van der Waals surface area (Å²) >= 11 is 0. The van der Waals surface area contributed by atoms with Gasteiger partial charge in [0.15, 0.2) is 0 Å². The standard InChI is InChI=1S/C17H19N3/c1-13(16-4-3-5-17(19)10-16)20(2)12-15-8-6-14(11-18)7-9-15/h3-10,13H,12,19H2,1-2H3. The van der Waals surface area contributed by atoms with Crippen molar-refractivity contribution < 1.29 is 0 Å². The lowest BCUT2D eigenvalue weighted by atomic mass is 10.1. The monoisotopic (exact) mass is 265 g/mol. The summed E-state index contributed by atoms with van der Waals surface area (Å²) in [4.78, 5) is 2.26. The maximum atomic E-state index is 8.80. The SMILES string of the molecule is CC(c1cccc(N)c1)N(C)Cc1ccc(C#N)cc1. The molecule has 0 fully saturated rings. The minimum atomic E-state index is 0.286. The van der Waals surface area contributed by atoms with Crippen LogP contribution in [-0.4, -0.2) is 11.9 Å². The van der Waals surface area contributed by atoms with E-state index in [4.69, 9.17) is 11.0 Å². The number of nitrogen functional groups attached to an aromatic ring is 1. The van der Waals surface area contributed by atoms with Gasteiger partial charge >= 0.3 is 0 Å². The summed E-state index contributed by atoms with van der Waals surface area (Å²) < 4.78 is 0. The number of rotatable bonds is 4. The van der Waals surface area contributed by atoms with Crippen LogP contribution in [-0.2, 0) is 6.54 Å². The minimum Gasteiger partial charge on any atom is -0.399 e. The number of hydrogen-bond acceptors (Lipinski definition) is 3. The van der Waals surface area contributed by atoms with Crippen LogP contribution in [0.5, 0.6) is 0 Å². The van der Waals surface area contributed by atoms with E-state index in [2.05, 4.69) is 31.0 Å².